The lowest BCUT2D eigenvalue weighted by Gasteiger charge is -2.03. The van der Waals surface area contributed by atoms with E-state index < -0.39 is 0 Å². The van der Waals surface area contributed by atoms with Gasteiger partial charge in [-0.05, 0) is 49.7 Å². The van der Waals surface area contributed by atoms with Gasteiger partial charge in [0, 0.05) is 5.56 Å². The summed E-state index contributed by atoms with van der Waals surface area (Å²) >= 11 is 0. The molecule has 1 N–H and O–H groups in total. The predicted octanol–water partition coefficient (Wildman–Crippen LogP) is 3.89. The van der Waals surface area contributed by atoms with Gasteiger partial charge < -0.3 is 9.73 Å². The van der Waals surface area contributed by atoms with E-state index >= 15 is 0 Å². The van der Waals surface area contributed by atoms with Crippen molar-refractivity contribution < 1.29 is 8.81 Å². The molecule has 0 atom stereocenters. The first kappa shape index (κ1) is 12.8. The molecule has 96 valence electrons. The van der Waals surface area contributed by atoms with Gasteiger partial charge in [0.25, 0.3) is 0 Å². The molecule has 0 fully saturated rings. The van der Waals surface area contributed by atoms with Crippen LogP contribution in [0.15, 0.2) is 34.7 Å². The number of rotatable bonds is 5. The molecule has 2 rings (SSSR count). The van der Waals surface area contributed by atoms with Gasteiger partial charge in [0.15, 0.2) is 0 Å². The highest BCUT2D eigenvalue weighted by Crippen LogP contribution is 2.26. The van der Waals surface area contributed by atoms with Crippen LogP contribution < -0.4 is 5.32 Å². The minimum atomic E-state index is -0.238. The number of hydrogen-bond acceptors (Lipinski definition) is 2. The van der Waals surface area contributed by atoms with Gasteiger partial charge in [-0.25, -0.2) is 4.39 Å². The highest BCUT2D eigenvalue weighted by atomic mass is 19.1. The molecular weight excluding hydrogens is 229 g/mol. The summed E-state index contributed by atoms with van der Waals surface area (Å²) in [6, 6.07) is 8.57. The summed E-state index contributed by atoms with van der Waals surface area (Å²) in [5.41, 5.74) is 1.83. The van der Waals surface area contributed by atoms with Crippen LogP contribution >= 0.6 is 0 Å². The van der Waals surface area contributed by atoms with Crippen molar-refractivity contribution in [3.8, 4) is 11.3 Å². The van der Waals surface area contributed by atoms with E-state index in [9.17, 15) is 4.39 Å². The van der Waals surface area contributed by atoms with Crippen LogP contribution in [0.3, 0.4) is 0 Å². The third kappa shape index (κ3) is 2.99. The quantitative estimate of drug-likeness (QED) is 0.811. The Labute approximate surface area is 107 Å². The molecule has 0 saturated carbocycles. The smallest absolute Gasteiger partial charge is 0.134 e. The zero-order valence-corrected chi connectivity index (χ0v) is 10.8. The molecule has 2 aromatic rings. The number of nitrogens with one attached hydrogen (secondary N) is 1. The van der Waals surface area contributed by atoms with Gasteiger partial charge in [-0.2, -0.15) is 0 Å². The minimum absolute atomic E-state index is 0.238. The van der Waals surface area contributed by atoms with Crippen molar-refractivity contribution in [3.63, 3.8) is 0 Å². The van der Waals surface area contributed by atoms with Crippen molar-refractivity contribution in [2.24, 2.45) is 0 Å². The van der Waals surface area contributed by atoms with Crippen LogP contribution in [0, 0.1) is 12.7 Å². The zero-order valence-electron chi connectivity index (χ0n) is 10.8. The van der Waals surface area contributed by atoms with Gasteiger partial charge in [0.05, 0.1) is 6.54 Å². The fourth-order valence-corrected chi connectivity index (χ4v) is 1.87. The zero-order chi connectivity index (χ0) is 13.0. The van der Waals surface area contributed by atoms with E-state index in [1.807, 2.05) is 19.1 Å². The summed E-state index contributed by atoms with van der Waals surface area (Å²) in [7, 11) is 0. The molecule has 0 aliphatic heterocycles. The summed E-state index contributed by atoms with van der Waals surface area (Å²) in [5, 5.41) is 3.27. The van der Waals surface area contributed by atoms with Crippen LogP contribution in [0.4, 0.5) is 4.39 Å². The predicted molar refractivity (Wildman–Crippen MR) is 70.8 cm³/mol. The second kappa shape index (κ2) is 5.83. The first-order chi connectivity index (χ1) is 8.70. The van der Waals surface area contributed by atoms with E-state index in [1.54, 1.807) is 6.07 Å². The van der Waals surface area contributed by atoms with E-state index in [0.717, 1.165) is 35.6 Å². The largest absolute Gasteiger partial charge is 0.460 e. The Balaban J connectivity index is 2.16. The molecule has 0 aliphatic carbocycles. The average Bonchev–Trinajstić information content (AvgIpc) is 2.81. The van der Waals surface area contributed by atoms with E-state index in [2.05, 4.69) is 12.2 Å². The number of hydrogen-bond donors (Lipinski definition) is 1. The molecule has 0 unspecified atom stereocenters. The summed E-state index contributed by atoms with van der Waals surface area (Å²) in [5.74, 6) is 1.36. The van der Waals surface area contributed by atoms with E-state index in [4.69, 9.17) is 4.42 Å². The third-order valence-corrected chi connectivity index (χ3v) is 2.85. The highest BCUT2D eigenvalue weighted by molar-refractivity contribution is 5.62. The lowest BCUT2D eigenvalue weighted by Crippen LogP contribution is -2.12. The molecular formula is C15H18FNO. The van der Waals surface area contributed by atoms with Gasteiger partial charge in [0.2, 0.25) is 0 Å². The lowest BCUT2D eigenvalue weighted by molar-refractivity contribution is 0.493. The summed E-state index contributed by atoms with van der Waals surface area (Å²) in [6.07, 6.45) is 1.09. The normalized spacial score (nSPS) is 10.8. The summed E-state index contributed by atoms with van der Waals surface area (Å²) in [4.78, 5) is 0. The van der Waals surface area contributed by atoms with Crippen LogP contribution in [0.1, 0.15) is 24.7 Å². The molecule has 1 aromatic carbocycles. The Hall–Kier alpha value is -1.61. The molecule has 1 heterocycles. The Morgan fingerprint density at radius 2 is 2.06 bits per heavy atom. The molecule has 0 aliphatic rings. The first-order valence-corrected chi connectivity index (χ1v) is 6.26. The Morgan fingerprint density at radius 1 is 1.22 bits per heavy atom. The topological polar surface area (TPSA) is 25.2 Å². The maximum Gasteiger partial charge on any atom is 0.134 e. The molecule has 2 nitrogen and oxygen atoms in total. The van der Waals surface area contributed by atoms with E-state index in [1.165, 1.54) is 12.1 Å². The second-order valence-electron chi connectivity index (χ2n) is 4.40. The third-order valence-electron chi connectivity index (χ3n) is 2.85. The van der Waals surface area contributed by atoms with Crippen LogP contribution in [0.25, 0.3) is 11.3 Å². The lowest BCUT2D eigenvalue weighted by atomic mass is 10.1. The highest BCUT2D eigenvalue weighted by Gasteiger charge is 2.08. The van der Waals surface area contributed by atoms with Crippen molar-refractivity contribution in [2.75, 3.05) is 6.54 Å². The fourth-order valence-electron chi connectivity index (χ4n) is 1.87. The molecule has 18 heavy (non-hydrogen) atoms. The van der Waals surface area contributed by atoms with Crippen molar-refractivity contribution in [3.05, 3.63) is 47.5 Å². The second-order valence-corrected chi connectivity index (χ2v) is 4.40. The summed E-state index contributed by atoms with van der Waals surface area (Å²) < 4.78 is 19.0. The number of halogens is 1. The first-order valence-electron chi connectivity index (χ1n) is 6.26. The molecule has 0 bridgehead atoms. The van der Waals surface area contributed by atoms with Gasteiger partial charge in [-0.3, -0.25) is 0 Å². The van der Waals surface area contributed by atoms with Crippen LogP contribution in [0.2, 0.25) is 0 Å². The van der Waals surface area contributed by atoms with Gasteiger partial charge >= 0.3 is 0 Å². The average molecular weight is 247 g/mol. The monoisotopic (exact) mass is 247 g/mol. The number of furan rings is 1. The molecule has 0 radical (unpaired) electrons. The molecule has 3 heteroatoms. The van der Waals surface area contributed by atoms with Crippen LogP contribution in [0.5, 0.6) is 0 Å². The van der Waals surface area contributed by atoms with Crippen molar-refractivity contribution >= 4 is 0 Å². The molecule has 0 amide bonds. The van der Waals surface area contributed by atoms with Crippen molar-refractivity contribution in [1.82, 2.24) is 5.32 Å². The standard InChI is InChI=1S/C15H18FNO/c1-3-8-17-10-13-6-7-15(18-13)14-9-12(16)5-4-11(14)2/h4-7,9,17H,3,8,10H2,1-2H3. The SMILES string of the molecule is CCCNCc1ccc(-c2cc(F)ccc2C)o1. The summed E-state index contributed by atoms with van der Waals surface area (Å²) in [6.45, 7) is 5.75. The minimum Gasteiger partial charge on any atom is -0.460 e. The fraction of sp³-hybridized carbons (Fsp3) is 0.333. The number of aryl methyl sites for hydroxylation is 1. The Bertz CT molecular complexity index is 519. The van der Waals surface area contributed by atoms with Gasteiger partial charge in [-0.1, -0.05) is 13.0 Å². The Kier molecular flexibility index (Phi) is 4.15. The Morgan fingerprint density at radius 3 is 2.83 bits per heavy atom. The maximum atomic E-state index is 13.2. The molecule has 1 aromatic heterocycles. The number of benzene rings is 1. The van der Waals surface area contributed by atoms with E-state index in [-0.39, 0.29) is 5.82 Å². The van der Waals surface area contributed by atoms with Crippen LogP contribution in [-0.4, -0.2) is 6.54 Å². The molecule has 0 spiro atoms. The molecule has 0 saturated heterocycles. The van der Waals surface area contributed by atoms with Crippen molar-refractivity contribution in [1.29, 1.82) is 0 Å². The van der Waals surface area contributed by atoms with Crippen molar-refractivity contribution in [2.45, 2.75) is 26.8 Å². The van der Waals surface area contributed by atoms with E-state index in [0.29, 0.717) is 6.54 Å². The van der Waals surface area contributed by atoms with Gasteiger partial charge in [-0.15, -0.1) is 0 Å². The maximum absolute atomic E-state index is 13.2. The van der Waals surface area contributed by atoms with Gasteiger partial charge in [0.1, 0.15) is 17.3 Å². The van der Waals surface area contributed by atoms with Crippen LogP contribution in [-0.2, 0) is 6.54 Å².